The van der Waals surface area contributed by atoms with Crippen molar-refractivity contribution in [2.24, 2.45) is 0 Å². The third-order valence-electron chi connectivity index (χ3n) is 2.96. The van der Waals surface area contributed by atoms with Crippen LogP contribution in [0.3, 0.4) is 0 Å². The molecule has 5 heteroatoms. The number of hydrogen-bond acceptors (Lipinski definition) is 3. The molecular formula is C13H18O4S. The van der Waals surface area contributed by atoms with Crippen molar-refractivity contribution in [1.82, 2.24) is 0 Å². The third kappa shape index (κ3) is 3.32. The molecule has 0 atom stereocenters. The van der Waals surface area contributed by atoms with Gasteiger partial charge in [0.15, 0.2) is 9.84 Å². The fourth-order valence-corrected chi connectivity index (χ4v) is 3.67. The molecule has 0 spiro atoms. The van der Waals surface area contributed by atoms with Gasteiger partial charge < -0.3 is 5.11 Å². The van der Waals surface area contributed by atoms with E-state index in [-0.39, 0.29) is 16.6 Å². The summed E-state index contributed by atoms with van der Waals surface area (Å²) in [5.41, 5.74) is 0.603. The van der Waals surface area contributed by atoms with Crippen LogP contribution < -0.4 is 0 Å². The van der Waals surface area contributed by atoms with E-state index in [0.29, 0.717) is 18.4 Å². The number of benzene rings is 1. The molecule has 0 aliphatic rings. The van der Waals surface area contributed by atoms with Crippen LogP contribution in [0.4, 0.5) is 0 Å². The highest BCUT2D eigenvalue weighted by atomic mass is 32.2. The number of carboxylic acids is 1. The van der Waals surface area contributed by atoms with Gasteiger partial charge in [0.1, 0.15) is 0 Å². The smallest absolute Gasteiger partial charge is 0.307 e. The largest absolute Gasteiger partial charge is 0.481 e. The molecule has 0 aromatic heterocycles. The zero-order chi connectivity index (χ0) is 13.8. The first-order valence-corrected chi connectivity index (χ1v) is 7.51. The summed E-state index contributed by atoms with van der Waals surface area (Å²) >= 11 is 0. The van der Waals surface area contributed by atoms with Crippen LogP contribution in [0.5, 0.6) is 0 Å². The second-order valence-corrected chi connectivity index (χ2v) is 6.43. The maximum absolute atomic E-state index is 12.2. The predicted octanol–water partition coefficient (Wildman–Crippen LogP) is 2.28. The van der Waals surface area contributed by atoms with E-state index >= 15 is 0 Å². The summed E-state index contributed by atoms with van der Waals surface area (Å²) in [7, 11) is -3.29. The molecule has 1 N–H and O–H groups in total. The molecular weight excluding hydrogens is 252 g/mol. The number of carboxylic acid groups (broad SMARTS) is 1. The monoisotopic (exact) mass is 270 g/mol. The topological polar surface area (TPSA) is 71.4 Å². The van der Waals surface area contributed by atoms with Gasteiger partial charge in [0.2, 0.25) is 0 Å². The number of carbonyl (C=O) groups is 1. The Balaban J connectivity index is 3.01. The van der Waals surface area contributed by atoms with E-state index in [1.54, 1.807) is 12.1 Å². The lowest BCUT2D eigenvalue weighted by molar-refractivity contribution is -0.136. The molecule has 0 fully saturated rings. The Morgan fingerprint density at radius 3 is 2.06 bits per heavy atom. The lowest BCUT2D eigenvalue weighted by atomic mass is 10.2. The Labute approximate surface area is 108 Å². The van der Waals surface area contributed by atoms with Gasteiger partial charge in [-0.25, -0.2) is 8.42 Å². The van der Waals surface area contributed by atoms with E-state index in [0.717, 1.165) is 0 Å². The maximum atomic E-state index is 12.2. The second kappa shape index (κ2) is 6.00. The van der Waals surface area contributed by atoms with Crippen LogP contribution in [0, 0.1) is 0 Å². The van der Waals surface area contributed by atoms with Crippen LogP contribution in [0.2, 0.25) is 0 Å². The molecule has 18 heavy (non-hydrogen) atoms. The first kappa shape index (κ1) is 14.7. The lowest BCUT2D eigenvalue weighted by Gasteiger charge is -2.13. The summed E-state index contributed by atoms with van der Waals surface area (Å²) in [6, 6.07) is 6.10. The maximum Gasteiger partial charge on any atom is 0.307 e. The fraction of sp³-hybridized carbons (Fsp3) is 0.462. The molecule has 0 amide bonds. The van der Waals surface area contributed by atoms with Crippen molar-refractivity contribution in [3.63, 3.8) is 0 Å². The molecule has 0 heterocycles. The summed E-state index contributed by atoms with van der Waals surface area (Å²) in [6.07, 6.45) is 1.07. The van der Waals surface area contributed by atoms with E-state index < -0.39 is 15.8 Å². The minimum atomic E-state index is -3.29. The Morgan fingerprint density at radius 1 is 1.17 bits per heavy atom. The van der Waals surface area contributed by atoms with E-state index in [4.69, 9.17) is 5.11 Å². The molecule has 0 bridgehead atoms. The van der Waals surface area contributed by atoms with Gasteiger partial charge in [-0.1, -0.05) is 26.0 Å². The molecule has 0 unspecified atom stereocenters. The van der Waals surface area contributed by atoms with Gasteiger partial charge in [0.05, 0.1) is 16.6 Å². The Morgan fingerprint density at radius 2 is 1.67 bits per heavy atom. The van der Waals surface area contributed by atoms with Crippen molar-refractivity contribution in [1.29, 1.82) is 0 Å². The molecule has 0 saturated carbocycles. The Kier molecular flexibility index (Phi) is 4.90. The lowest BCUT2D eigenvalue weighted by Crippen LogP contribution is -2.19. The summed E-state index contributed by atoms with van der Waals surface area (Å²) in [6.45, 7) is 3.70. The summed E-state index contributed by atoms with van der Waals surface area (Å²) in [4.78, 5) is 10.8. The Bertz CT molecular complexity index is 498. The predicted molar refractivity (Wildman–Crippen MR) is 69.3 cm³/mol. The van der Waals surface area contributed by atoms with Crippen LogP contribution >= 0.6 is 0 Å². The molecule has 1 aromatic rings. The number of hydrogen-bond donors (Lipinski definition) is 1. The summed E-state index contributed by atoms with van der Waals surface area (Å²) in [5.74, 6) is -0.925. The summed E-state index contributed by atoms with van der Waals surface area (Å²) in [5, 5.41) is 8.27. The average Bonchev–Trinajstić information content (AvgIpc) is 2.30. The molecule has 100 valence electrons. The SMILES string of the molecule is CCC(CC)S(=O)(=O)c1ccc(CC(=O)O)cc1. The molecule has 0 saturated heterocycles. The van der Waals surface area contributed by atoms with E-state index in [9.17, 15) is 13.2 Å². The van der Waals surface area contributed by atoms with Gasteiger partial charge in [-0.05, 0) is 30.5 Å². The highest BCUT2D eigenvalue weighted by Crippen LogP contribution is 2.21. The van der Waals surface area contributed by atoms with Crippen LogP contribution in [-0.4, -0.2) is 24.7 Å². The molecule has 4 nitrogen and oxygen atoms in total. The normalized spacial score (nSPS) is 11.7. The molecule has 0 aliphatic carbocycles. The van der Waals surface area contributed by atoms with Gasteiger partial charge in [-0.15, -0.1) is 0 Å². The quantitative estimate of drug-likeness (QED) is 0.860. The number of aliphatic carboxylic acids is 1. The van der Waals surface area contributed by atoms with Gasteiger partial charge >= 0.3 is 5.97 Å². The highest BCUT2D eigenvalue weighted by molar-refractivity contribution is 7.92. The number of rotatable bonds is 6. The zero-order valence-electron chi connectivity index (χ0n) is 10.6. The van der Waals surface area contributed by atoms with E-state index in [1.807, 2.05) is 13.8 Å². The number of sulfone groups is 1. The van der Waals surface area contributed by atoms with Crippen molar-refractivity contribution in [2.45, 2.75) is 43.3 Å². The summed E-state index contributed by atoms with van der Waals surface area (Å²) < 4.78 is 24.4. The Hall–Kier alpha value is -1.36. The van der Waals surface area contributed by atoms with Crippen molar-refractivity contribution >= 4 is 15.8 Å². The highest BCUT2D eigenvalue weighted by Gasteiger charge is 2.24. The fourth-order valence-electron chi connectivity index (χ4n) is 1.89. The molecule has 1 rings (SSSR count). The van der Waals surface area contributed by atoms with Crippen LogP contribution in [0.25, 0.3) is 0 Å². The zero-order valence-corrected chi connectivity index (χ0v) is 11.4. The van der Waals surface area contributed by atoms with Gasteiger partial charge in [-0.3, -0.25) is 4.79 Å². The standard InChI is InChI=1S/C13H18O4S/c1-3-11(4-2)18(16,17)12-7-5-10(6-8-12)9-13(14)15/h5-8,11H,3-4,9H2,1-2H3,(H,14,15). The van der Waals surface area contributed by atoms with E-state index in [2.05, 4.69) is 0 Å². The molecule has 0 radical (unpaired) electrons. The van der Waals surface area contributed by atoms with Gasteiger partial charge in [0, 0.05) is 0 Å². The minimum absolute atomic E-state index is 0.0920. The van der Waals surface area contributed by atoms with Crippen molar-refractivity contribution in [2.75, 3.05) is 0 Å². The van der Waals surface area contributed by atoms with Crippen LogP contribution in [-0.2, 0) is 21.1 Å². The first-order chi connectivity index (χ1) is 8.41. The van der Waals surface area contributed by atoms with Gasteiger partial charge in [0.25, 0.3) is 0 Å². The van der Waals surface area contributed by atoms with Crippen molar-refractivity contribution in [3.05, 3.63) is 29.8 Å². The average molecular weight is 270 g/mol. The van der Waals surface area contributed by atoms with Crippen molar-refractivity contribution < 1.29 is 18.3 Å². The second-order valence-electron chi connectivity index (χ2n) is 4.20. The molecule has 1 aromatic carbocycles. The van der Waals surface area contributed by atoms with E-state index in [1.165, 1.54) is 12.1 Å². The third-order valence-corrected chi connectivity index (χ3v) is 5.43. The first-order valence-electron chi connectivity index (χ1n) is 5.96. The van der Waals surface area contributed by atoms with Crippen LogP contribution in [0.15, 0.2) is 29.2 Å². The minimum Gasteiger partial charge on any atom is -0.481 e. The van der Waals surface area contributed by atoms with Crippen LogP contribution in [0.1, 0.15) is 32.3 Å². The molecule has 0 aliphatic heterocycles. The van der Waals surface area contributed by atoms with Crippen molar-refractivity contribution in [3.8, 4) is 0 Å². The van der Waals surface area contributed by atoms with Gasteiger partial charge in [-0.2, -0.15) is 0 Å².